The molecule has 0 spiro atoms. The fourth-order valence-corrected chi connectivity index (χ4v) is 4.32. The van der Waals surface area contributed by atoms with Gasteiger partial charge in [-0.2, -0.15) is 0 Å². The number of rotatable bonds is 6. The zero-order chi connectivity index (χ0) is 18.8. The van der Waals surface area contributed by atoms with E-state index >= 15 is 0 Å². The number of hydrogen-bond donors (Lipinski definition) is 0. The molecule has 0 saturated carbocycles. The van der Waals surface area contributed by atoms with Crippen molar-refractivity contribution in [2.45, 2.75) is 66.2 Å². The molecule has 0 radical (unpaired) electrons. The summed E-state index contributed by atoms with van der Waals surface area (Å²) >= 11 is 0. The van der Waals surface area contributed by atoms with Crippen molar-refractivity contribution in [2.24, 2.45) is 11.8 Å². The fraction of sp³-hybridized carbons (Fsp3) is 0.600. The highest BCUT2D eigenvalue weighted by Gasteiger charge is 2.29. The summed E-state index contributed by atoms with van der Waals surface area (Å²) in [5.74, 6) is 1.53. The monoisotopic (exact) mass is 366 g/mol. The first-order valence-electron chi connectivity index (χ1n) is 8.91. The molecule has 0 saturated heterocycles. The lowest BCUT2D eigenvalue weighted by Gasteiger charge is -2.27. The summed E-state index contributed by atoms with van der Waals surface area (Å²) in [7, 11) is -4.12. The van der Waals surface area contributed by atoms with Gasteiger partial charge in [0.15, 0.2) is 0 Å². The Balaban J connectivity index is 2.11. The minimum absolute atomic E-state index is 0.261. The van der Waals surface area contributed by atoms with Gasteiger partial charge in [0, 0.05) is 12.8 Å². The van der Waals surface area contributed by atoms with E-state index in [1.165, 1.54) is 0 Å². The smallest absolute Gasteiger partial charge is 0.357 e. The normalized spacial score (nSPS) is 25.0. The predicted octanol–water partition coefficient (Wildman–Crippen LogP) is 5.56. The Morgan fingerprint density at radius 1 is 0.880 bits per heavy atom. The predicted molar refractivity (Wildman–Crippen MR) is 101 cm³/mol. The van der Waals surface area contributed by atoms with Crippen LogP contribution in [-0.2, 0) is 18.8 Å². The van der Waals surface area contributed by atoms with Crippen LogP contribution in [0.1, 0.15) is 66.2 Å². The van der Waals surface area contributed by atoms with Crippen LogP contribution in [-0.4, -0.2) is 8.42 Å². The zero-order valence-electron chi connectivity index (χ0n) is 15.9. The minimum Gasteiger partial charge on any atom is -0.357 e. The Labute approximate surface area is 152 Å². The van der Waals surface area contributed by atoms with E-state index in [0.29, 0.717) is 24.4 Å². The number of allylic oxidation sites excluding steroid dienone is 6. The van der Waals surface area contributed by atoms with Crippen molar-refractivity contribution in [1.82, 2.24) is 0 Å². The summed E-state index contributed by atoms with van der Waals surface area (Å²) in [6.07, 6.45) is 4.75. The van der Waals surface area contributed by atoms with Gasteiger partial charge in [-0.3, -0.25) is 0 Å². The standard InChI is InChI=1S/C20H30O4S/c1-13(2)17-9-7-15(5)19(11-17)23-25(21,22)24-20-12-18(14(3)4)10-8-16(20)6/h17-18H,1,3,7-12H2,2,4-6H3/t17-,18-/m1/s1. The molecule has 0 bridgehead atoms. The molecule has 2 aliphatic carbocycles. The lowest BCUT2D eigenvalue weighted by Crippen LogP contribution is -2.19. The second-order valence-corrected chi connectivity index (χ2v) is 8.70. The summed E-state index contributed by atoms with van der Waals surface area (Å²) in [6, 6.07) is 0. The van der Waals surface area contributed by atoms with Gasteiger partial charge in [0.25, 0.3) is 0 Å². The van der Waals surface area contributed by atoms with Crippen molar-refractivity contribution < 1.29 is 16.8 Å². The van der Waals surface area contributed by atoms with Crippen LogP contribution in [0.4, 0.5) is 0 Å². The zero-order valence-corrected chi connectivity index (χ0v) is 16.7. The molecule has 5 heteroatoms. The van der Waals surface area contributed by atoms with Crippen molar-refractivity contribution in [3.63, 3.8) is 0 Å². The average molecular weight is 367 g/mol. The average Bonchev–Trinajstić information content (AvgIpc) is 2.50. The van der Waals surface area contributed by atoms with Crippen molar-refractivity contribution >= 4 is 10.4 Å². The molecular weight excluding hydrogens is 336 g/mol. The van der Waals surface area contributed by atoms with Crippen LogP contribution >= 0.6 is 0 Å². The van der Waals surface area contributed by atoms with Gasteiger partial charge in [0.1, 0.15) is 11.5 Å². The Kier molecular flexibility index (Phi) is 6.20. The lowest BCUT2D eigenvalue weighted by molar-refractivity contribution is 0.256. The van der Waals surface area contributed by atoms with E-state index in [1.807, 2.05) is 27.7 Å². The van der Waals surface area contributed by atoms with Crippen molar-refractivity contribution in [3.8, 4) is 0 Å². The van der Waals surface area contributed by atoms with Crippen molar-refractivity contribution in [2.75, 3.05) is 0 Å². The maximum Gasteiger partial charge on any atom is 0.500 e. The van der Waals surface area contributed by atoms with E-state index < -0.39 is 10.4 Å². The quantitative estimate of drug-likeness (QED) is 0.577. The third-order valence-corrected chi connectivity index (χ3v) is 6.16. The minimum atomic E-state index is -4.12. The van der Waals surface area contributed by atoms with Crippen LogP contribution < -0.4 is 0 Å². The SMILES string of the molecule is C=C(C)[C@@H]1CCC(C)=C(OS(=O)(=O)OC2=C(C)CC[C@@H](C(=C)C)C2)C1. The fourth-order valence-electron chi connectivity index (χ4n) is 3.38. The first-order chi connectivity index (χ1) is 11.6. The van der Waals surface area contributed by atoms with Crippen molar-refractivity contribution in [3.05, 3.63) is 47.0 Å². The van der Waals surface area contributed by atoms with Crippen LogP contribution in [0.2, 0.25) is 0 Å². The Bertz CT molecular complexity index is 669. The first kappa shape index (κ1) is 19.8. The molecule has 0 aromatic rings. The van der Waals surface area contributed by atoms with Crippen LogP contribution in [0.3, 0.4) is 0 Å². The van der Waals surface area contributed by atoms with Crippen LogP contribution in [0.5, 0.6) is 0 Å². The highest BCUT2D eigenvalue weighted by Crippen LogP contribution is 2.37. The van der Waals surface area contributed by atoms with Gasteiger partial charge < -0.3 is 8.37 Å². The molecule has 0 fully saturated rings. The van der Waals surface area contributed by atoms with Crippen LogP contribution in [0.25, 0.3) is 0 Å². The molecule has 2 aliphatic rings. The van der Waals surface area contributed by atoms with Gasteiger partial charge in [-0.15, -0.1) is 8.42 Å². The van der Waals surface area contributed by atoms with Crippen LogP contribution in [0, 0.1) is 11.8 Å². The largest absolute Gasteiger partial charge is 0.500 e. The molecule has 2 atom stereocenters. The molecule has 4 nitrogen and oxygen atoms in total. The van der Waals surface area contributed by atoms with E-state index in [-0.39, 0.29) is 11.8 Å². The van der Waals surface area contributed by atoms with Gasteiger partial charge in [-0.1, -0.05) is 24.3 Å². The summed E-state index contributed by atoms with van der Waals surface area (Å²) in [5.41, 5.74) is 4.06. The maximum absolute atomic E-state index is 12.5. The summed E-state index contributed by atoms with van der Waals surface area (Å²) in [6.45, 7) is 15.8. The molecule has 0 aromatic carbocycles. The summed E-state index contributed by atoms with van der Waals surface area (Å²) in [4.78, 5) is 0. The molecule has 140 valence electrons. The van der Waals surface area contributed by atoms with Gasteiger partial charge in [0.2, 0.25) is 0 Å². The molecule has 0 amide bonds. The molecule has 0 N–H and O–H groups in total. The third-order valence-electron chi connectivity index (χ3n) is 5.35. The van der Waals surface area contributed by atoms with Gasteiger partial charge >= 0.3 is 10.4 Å². The molecule has 0 aliphatic heterocycles. The maximum atomic E-state index is 12.5. The summed E-state index contributed by atoms with van der Waals surface area (Å²) in [5, 5.41) is 0. The molecule has 0 heterocycles. The lowest BCUT2D eigenvalue weighted by atomic mass is 9.85. The topological polar surface area (TPSA) is 52.6 Å². The Morgan fingerprint density at radius 2 is 1.24 bits per heavy atom. The molecule has 25 heavy (non-hydrogen) atoms. The van der Waals surface area contributed by atoms with E-state index in [0.717, 1.165) is 48.0 Å². The second-order valence-electron chi connectivity index (χ2n) is 7.55. The Morgan fingerprint density at radius 3 is 1.56 bits per heavy atom. The van der Waals surface area contributed by atoms with Gasteiger partial charge in [-0.25, -0.2) is 0 Å². The second kappa shape index (κ2) is 7.81. The highest BCUT2D eigenvalue weighted by molar-refractivity contribution is 7.82. The van der Waals surface area contributed by atoms with E-state index in [9.17, 15) is 8.42 Å². The summed E-state index contributed by atoms with van der Waals surface area (Å²) < 4.78 is 35.6. The molecule has 2 rings (SSSR count). The Hall–Kier alpha value is -1.49. The highest BCUT2D eigenvalue weighted by atomic mass is 32.3. The van der Waals surface area contributed by atoms with Crippen LogP contribution in [0.15, 0.2) is 47.0 Å². The van der Waals surface area contributed by atoms with E-state index in [1.54, 1.807) is 0 Å². The molecule has 0 unspecified atom stereocenters. The van der Waals surface area contributed by atoms with Crippen molar-refractivity contribution in [1.29, 1.82) is 0 Å². The van der Waals surface area contributed by atoms with E-state index in [4.69, 9.17) is 8.37 Å². The number of hydrogen-bond acceptors (Lipinski definition) is 4. The molecular formula is C20H30O4S. The van der Waals surface area contributed by atoms with E-state index in [2.05, 4.69) is 13.2 Å². The van der Waals surface area contributed by atoms with Gasteiger partial charge in [-0.05, 0) is 76.4 Å². The molecule has 0 aromatic heterocycles. The third kappa shape index (κ3) is 5.24. The van der Waals surface area contributed by atoms with Gasteiger partial charge in [0.05, 0.1) is 0 Å². The first-order valence-corrected chi connectivity index (χ1v) is 10.2.